The Morgan fingerprint density at radius 3 is 2.56 bits per heavy atom. The van der Waals surface area contributed by atoms with Gasteiger partial charge in [0.15, 0.2) is 0 Å². The predicted molar refractivity (Wildman–Crippen MR) is 68.2 cm³/mol. The molecule has 0 radical (unpaired) electrons. The Kier molecular flexibility index (Phi) is 3.48. The topological polar surface area (TPSA) is 59.3 Å². The van der Waals surface area contributed by atoms with Gasteiger partial charge in [-0.1, -0.05) is 41.9 Å². The summed E-state index contributed by atoms with van der Waals surface area (Å²) in [7, 11) is 0. The number of carboxylic acids is 1. The predicted octanol–water partition coefficient (Wildman–Crippen LogP) is 2.25. The molecular formula is C13H10ClNO3. The molecule has 2 aromatic rings. The second-order valence-electron chi connectivity index (χ2n) is 3.80. The van der Waals surface area contributed by atoms with Crippen LogP contribution in [-0.2, 0) is 6.54 Å². The lowest BCUT2D eigenvalue weighted by atomic mass is 10.2. The molecule has 2 rings (SSSR count). The molecule has 0 saturated heterocycles. The van der Waals surface area contributed by atoms with E-state index in [1.165, 1.54) is 10.8 Å². The van der Waals surface area contributed by atoms with Crippen LogP contribution in [-0.4, -0.2) is 15.6 Å². The van der Waals surface area contributed by atoms with Crippen LogP contribution in [0.2, 0.25) is 5.02 Å². The molecular weight excluding hydrogens is 254 g/mol. The number of hydrogen-bond donors (Lipinski definition) is 1. The van der Waals surface area contributed by atoms with E-state index in [-0.39, 0.29) is 10.6 Å². The number of rotatable bonds is 3. The van der Waals surface area contributed by atoms with E-state index in [0.717, 1.165) is 11.6 Å². The summed E-state index contributed by atoms with van der Waals surface area (Å²) in [4.78, 5) is 22.8. The minimum Gasteiger partial charge on any atom is -0.477 e. The Hall–Kier alpha value is -2.07. The summed E-state index contributed by atoms with van der Waals surface area (Å²) in [6.45, 7) is 0.292. The quantitative estimate of drug-likeness (QED) is 0.924. The SMILES string of the molecule is O=C(O)c1cc(Cl)cn(Cc2ccccc2)c1=O. The fourth-order valence-corrected chi connectivity index (χ4v) is 1.88. The van der Waals surface area contributed by atoms with Gasteiger partial charge >= 0.3 is 5.97 Å². The van der Waals surface area contributed by atoms with Gasteiger partial charge in [-0.3, -0.25) is 4.79 Å². The molecule has 0 aliphatic carbocycles. The molecule has 0 unspecified atom stereocenters. The largest absolute Gasteiger partial charge is 0.477 e. The second kappa shape index (κ2) is 5.06. The Labute approximate surface area is 108 Å². The molecule has 0 atom stereocenters. The number of benzene rings is 1. The van der Waals surface area contributed by atoms with Gasteiger partial charge in [0, 0.05) is 6.20 Å². The normalized spacial score (nSPS) is 10.3. The number of aromatic carboxylic acids is 1. The molecule has 0 aliphatic rings. The van der Waals surface area contributed by atoms with Gasteiger partial charge in [0.05, 0.1) is 11.6 Å². The lowest BCUT2D eigenvalue weighted by Gasteiger charge is -2.07. The van der Waals surface area contributed by atoms with Crippen molar-refractivity contribution in [2.75, 3.05) is 0 Å². The van der Waals surface area contributed by atoms with Crippen LogP contribution < -0.4 is 5.56 Å². The Morgan fingerprint density at radius 1 is 1.28 bits per heavy atom. The Bertz CT molecular complexity index is 634. The highest BCUT2D eigenvalue weighted by molar-refractivity contribution is 6.30. The molecule has 5 heteroatoms. The molecule has 0 amide bonds. The maximum Gasteiger partial charge on any atom is 0.341 e. The van der Waals surface area contributed by atoms with E-state index in [9.17, 15) is 9.59 Å². The first-order chi connectivity index (χ1) is 8.58. The monoisotopic (exact) mass is 263 g/mol. The molecule has 1 N–H and O–H groups in total. The van der Waals surface area contributed by atoms with E-state index in [2.05, 4.69) is 0 Å². The van der Waals surface area contributed by atoms with Gasteiger partial charge < -0.3 is 9.67 Å². The van der Waals surface area contributed by atoms with Gasteiger partial charge in [-0.25, -0.2) is 4.79 Å². The van der Waals surface area contributed by atoms with E-state index in [1.54, 1.807) is 0 Å². The average molecular weight is 264 g/mol. The third-order valence-electron chi connectivity index (χ3n) is 2.48. The standard InChI is InChI=1S/C13H10ClNO3/c14-10-6-11(13(17)18)12(16)15(8-10)7-9-4-2-1-3-5-9/h1-6,8H,7H2,(H,17,18). The summed E-state index contributed by atoms with van der Waals surface area (Å²) >= 11 is 5.81. The van der Waals surface area contributed by atoms with Crippen LogP contribution in [0.25, 0.3) is 0 Å². The molecule has 0 saturated carbocycles. The van der Waals surface area contributed by atoms with Crippen molar-refractivity contribution in [3.63, 3.8) is 0 Å². The zero-order valence-corrected chi connectivity index (χ0v) is 10.1. The smallest absolute Gasteiger partial charge is 0.341 e. The zero-order chi connectivity index (χ0) is 13.1. The summed E-state index contributed by atoms with van der Waals surface area (Å²) in [6, 6.07) is 10.4. The minimum absolute atomic E-state index is 0.225. The molecule has 0 spiro atoms. The molecule has 0 aliphatic heterocycles. The highest BCUT2D eigenvalue weighted by atomic mass is 35.5. The maximum absolute atomic E-state index is 11.9. The van der Waals surface area contributed by atoms with Crippen molar-refractivity contribution in [2.24, 2.45) is 0 Å². The van der Waals surface area contributed by atoms with E-state index in [1.807, 2.05) is 30.3 Å². The first-order valence-electron chi connectivity index (χ1n) is 5.25. The molecule has 92 valence electrons. The number of halogens is 1. The van der Waals surface area contributed by atoms with Crippen molar-refractivity contribution in [1.82, 2.24) is 4.57 Å². The van der Waals surface area contributed by atoms with Crippen molar-refractivity contribution in [3.8, 4) is 0 Å². The zero-order valence-electron chi connectivity index (χ0n) is 9.34. The summed E-state index contributed by atoms with van der Waals surface area (Å²) in [6.07, 6.45) is 1.43. The van der Waals surface area contributed by atoms with Gasteiger partial charge in [0.1, 0.15) is 5.56 Å². The number of carboxylic acid groups (broad SMARTS) is 1. The lowest BCUT2D eigenvalue weighted by Crippen LogP contribution is -2.26. The number of nitrogens with zero attached hydrogens (tertiary/aromatic N) is 1. The van der Waals surface area contributed by atoms with Crippen molar-refractivity contribution in [3.05, 3.63) is 69.1 Å². The molecule has 4 nitrogen and oxygen atoms in total. The number of hydrogen-bond acceptors (Lipinski definition) is 2. The van der Waals surface area contributed by atoms with Crippen LogP contribution in [0, 0.1) is 0 Å². The van der Waals surface area contributed by atoms with E-state index >= 15 is 0 Å². The fraction of sp³-hybridized carbons (Fsp3) is 0.0769. The lowest BCUT2D eigenvalue weighted by molar-refractivity contribution is 0.0694. The van der Waals surface area contributed by atoms with Gasteiger partial charge in [0.2, 0.25) is 0 Å². The van der Waals surface area contributed by atoms with E-state index in [4.69, 9.17) is 16.7 Å². The van der Waals surface area contributed by atoms with Gasteiger partial charge in [-0.2, -0.15) is 0 Å². The number of aromatic nitrogens is 1. The molecule has 1 heterocycles. The summed E-state index contributed by atoms with van der Waals surface area (Å²) in [5.41, 5.74) is 0.0207. The van der Waals surface area contributed by atoms with Crippen LogP contribution in [0.15, 0.2) is 47.4 Å². The molecule has 0 fully saturated rings. The van der Waals surface area contributed by atoms with Crippen LogP contribution in [0.5, 0.6) is 0 Å². The summed E-state index contributed by atoms with van der Waals surface area (Å²) in [5, 5.41) is 9.13. The minimum atomic E-state index is -1.27. The highest BCUT2D eigenvalue weighted by Crippen LogP contribution is 2.09. The second-order valence-corrected chi connectivity index (χ2v) is 4.23. The van der Waals surface area contributed by atoms with Crippen molar-refractivity contribution >= 4 is 17.6 Å². The molecule has 18 heavy (non-hydrogen) atoms. The third kappa shape index (κ3) is 2.60. The summed E-state index contributed by atoms with van der Waals surface area (Å²) in [5.74, 6) is -1.27. The number of carbonyl (C=O) groups is 1. The van der Waals surface area contributed by atoms with Crippen LogP contribution in [0.3, 0.4) is 0 Å². The number of pyridine rings is 1. The molecule has 1 aromatic heterocycles. The first-order valence-corrected chi connectivity index (χ1v) is 5.63. The van der Waals surface area contributed by atoms with E-state index in [0.29, 0.717) is 6.54 Å². The van der Waals surface area contributed by atoms with E-state index < -0.39 is 11.5 Å². The average Bonchev–Trinajstić information content (AvgIpc) is 2.34. The van der Waals surface area contributed by atoms with Crippen LogP contribution in [0.1, 0.15) is 15.9 Å². The summed E-state index contributed by atoms with van der Waals surface area (Å²) < 4.78 is 1.29. The van der Waals surface area contributed by atoms with Gasteiger partial charge in [-0.15, -0.1) is 0 Å². The Morgan fingerprint density at radius 2 is 1.94 bits per heavy atom. The van der Waals surface area contributed by atoms with Crippen LogP contribution >= 0.6 is 11.6 Å². The fourth-order valence-electron chi connectivity index (χ4n) is 1.65. The highest BCUT2D eigenvalue weighted by Gasteiger charge is 2.12. The third-order valence-corrected chi connectivity index (χ3v) is 2.69. The Balaban J connectivity index is 2.46. The van der Waals surface area contributed by atoms with Crippen molar-refractivity contribution < 1.29 is 9.90 Å². The van der Waals surface area contributed by atoms with Gasteiger partial charge in [0.25, 0.3) is 5.56 Å². The van der Waals surface area contributed by atoms with Gasteiger partial charge in [-0.05, 0) is 11.6 Å². The van der Waals surface area contributed by atoms with Crippen molar-refractivity contribution in [2.45, 2.75) is 6.54 Å². The van der Waals surface area contributed by atoms with Crippen molar-refractivity contribution in [1.29, 1.82) is 0 Å². The van der Waals surface area contributed by atoms with Crippen LogP contribution in [0.4, 0.5) is 0 Å². The maximum atomic E-state index is 11.9. The first kappa shape index (κ1) is 12.4. The molecule has 0 bridgehead atoms. The molecule has 1 aromatic carbocycles.